The Kier molecular flexibility index (Phi) is 5.47. The molecular weight excluding hydrogens is 318 g/mol. The molecule has 2 aliphatic heterocycles. The summed E-state index contributed by atoms with van der Waals surface area (Å²) in [5.41, 5.74) is 0. The predicted molar refractivity (Wildman–Crippen MR) is 75.5 cm³/mol. The summed E-state index contributed by atoms with van der Waals surface area (Å²) in [6.45, 7) is 2.10. The Balaban J connectivity index is 1.91. The summed E-state index contributed by atoms with van der Waals surface area (Å²) in [5, 5.41) is 0.956. The molecule has 0 bridgehead atoms. The fraction of sp³-hybridized carbons (Fsp3) is 1.00. The van der Waals surface area contributed by atoms with Crippen LogP contribution in [0.1, 0.15) is 32.1 Å². The van der Waals surface area contributed by atoms with Crippen LogP contribution in [0.15, 0.2) is 0 Å². The minimum atomic E-state index is -3.12. The van der Waals surface area contributed by atoms with Crippen molar-refractivity contribution in [3.63, 3.8) is 0 Å². The van der Waals surface area contributed by atoms with Crippen molar-refractivity contribution in [1.82, 2.24) is 4.31 Å². The van der Waals surface area contributed by atoms with Crippen LogP contribution in [0.3, 0.4) is 0 Å². The molecule has 0 radical (unpaired) electrons. The third kappa shape index (κ3) is 3.92. The van der Waals surface area contributed by atoms with Crippen LogP contribution in [0.25, 0.3) is 0 Å². The van der Waals surface area contributed by atoms with Gasteiger partial charge in [-0.3, -0.25) is 0 Å². The molecule has 2 unspecified atom stereocenters. The quantitative estimate of drug-likeness (QED) is 0.719. The number of hydrogen-bond donors (Lipinski definition) is 0. The van der Waals surface area contributed by atoms with Crippen molar-refractivity contribution in [2.24, 2.45) is 5.92 Å². The number of halogens is 1. The van der Waals surface area contributed by atoms with Gasteiger partial charge in [0.2, 0.25) is 10.0 Å². The van der Waals surface area contributed by atoms with Gasteiger partial charge in [-0.1, -0.05) is 15.9 Å². The molecule has 6 heteroatoms. The molecule has 0 saturated carbocycles. The zero-order valence-corrected chi connectivity index (χ0v) is 13.1. The van der Waals surface area contributed by atoms with E-state index in [4.69, 9.17) is 4.74 Å². The molecule has 0 N–H and O–H groups in total. The van der Waals surface area contributed by atoms with E-state index in [9.17, 15) is 8.42 Å². The third-order valence-electron chi connectivity index (χ3n) is 3.81. The Hall–Kier alpha value is 0.350. The second-order valence-electron chi connectivity index (χ2n) is 5.26. The SMILES string of the molecule is O=S(=O)(CC1CCCO1)N1CCCC(CCBr)C1. The zero-order valence-electron chi connectivity index (χ0n) is 10.7. The lowest BCUT2D eigenvalue weighted by atomic mass is 9.97. The monoisotopic (exact) mass is 339 g/mol. The average molecular weight is 340 g/mol. The van der Waals surface area contributed by atoms with Gasteiger partial charge in [-0.25, -0.2) is 12.7 Å². The largest absolute Gasteiger partial charge is 0.377 e. The summed E-state index contributed by atoms with van der Waals surface area (Å²) < 4.78 is 31.8. The highest BCUT2D eigenvalue weighted by Crippen LogP contribution is 2.24. The Morgan fingerprint density at radius 1 is 1.28 bits per heavy atom. The van der Waals surface area contributed by atoms with Crippen LogP contribution in [0.2, 0.25) is 0 Å². The summed E-state index contributed by atoms with van der Waals surface area (Å²) in [6, 6.07) is 0. The summed E-state index contributed by atoms with van der Waals surface area (Å²) in [6.07, 6.45) is 5.00. The van der Waals surface area contributed by atoms with Crippen LogP contribution in [0.5, 0.6) is 0 Å². The van der Waals surface area contributed by atoms with E-state index in [1.165, 1.54) is 0 Å². The van der Waals surface area contributed by atoms with E-state index in [1.54, 1.807) is 4.31 Å². The number of rotatable bonds is 5. The summed E-state index contributed by atoms with van der Waals surface area (Å²) >= 11 is 3.44. The molecule has 0 spiro atoms. The van der Waals surface area contributed by atoms with Gasteiger partial charge in [0.25, 0.3) is 0 Å². The second-order valence-corrected chi connectivity index (χ2v) is 8.06. The topological polar surface area (TPSA) is 46.6 Å². The van der Waals surface area contributed by atoms with Gasteiger partial charge in [-0.15, -0.1) is 0 Å². The summed E-state index contributed by atoms with van der Waals surface area (Å²) in [7, 11) is -3.12. The van der Waals surface area contributed by atoms with Gasteiger partial charge in [0, 0.05) is 25.0 Å². The first-order valence-electron chi connectivity index (χ1n) is 6.77. The highest BCUT2D eigenvalue weighted by molar-refractivity contribution is 9.09. The Morgan fingerprint density at radius 2 is 2.11 bits per heavy atom. The van der Waals surface area contributed by atoms with Crippen molar-refractivity contribution >= 4 is 26.0 Å². The van der Waals surface area contributed by atoms with Crippen LogP contribution in [-0.4, -0.2) is 49.6 Å². The Bertz CT molecular complexity index is 352. The van der Waals surface area contributed by atoms with Gasteiger partial charge >= 0.3 is 0 Å². The first-order chi connectivity index (χ1) is 8.62. The number of sulfonamides is 1. The smallest absolute Gasteiger partial charge is 0.216 e. The number of hydrogen-bond acceptors (Lipinski definition) is 3. The Morgan fingerprint density at radius 3 is 2.78 bits per heavy atom. The van der Waals surface area contributed by atoms with Crippen molar-refractivity contribution in [2.75, 3.05) is 30.8 Å². The average Bonchev–Trinajstić information content (AvgIpc) is 2.82. The molecular formula is C12H22BrNO3S. The molecule has 0 amide bonds. The number of nitrogens with zero attached hydrogens (tertiary/aromatic N) is 1. The van der Waals surface area contributed by atoms with Crippen molar-refractivity contribution in [3.05, 3.63) is 0 Å². The minimum Gasteiger partial charge on any atom is -0.377 e. The van der Waals surface area contributed by atoms with Gasteiger partial charge in [0.1, 0.15) is 0 Å². The predicted octanol–water partition coefficient (Wildman–Crippen LogP) is 1.99. The molecule has 2 aliphatic rings. The lowest BCUT2D eigenvalue weighted by molar-refractivity contribution is 0.125. The van der Waals surface area contributed by atoms with E-state index in [2.05, 4.69) is 15.9 Å². The van der Waals surface area contributed by atoms with Crippen molar-refractivity contribution in [1.29, 1.82) is 0 Å². The number of alkyl halides is 1. The fourth-order valence-corrected chi connectivity index (χ4v) is 5.22. The van der Waals surface area contributed by atoms with Gasteiger partial charge < -0.3 is 4.74 Å². The van der Waals surface area contributed by atoms with E-state index >= 15 is 0 Å². The molecule has 4 nitrogen and oxygen atoms in total. The van der Waals surface area contributed by atoms with Gasteiger partial charge in [-0.2, -0.15) is 0 Å². The minimum absolute atomic E-state index is 0.0773. The van der Waals surface area contributed by atoms with E-state index < -0.39 is 10.0 Å². The van der Waals surface area contributed by atoms with E-state index in [0.717, 1.165) is 37.4 Å². The van der Waals surface area contributed by atoms with Crippen molar-refractivity contribution in [3.8, 4) is 0 Å². The van der Waals surface area contributed by atoms with Crippen LogP contribution in [0.4, 0.5) is 0 Å². The molecule has 0 aromatic heterocycles. The highest BCUT2D eigenvalue weighted by Gasteiger charge is 2.31. The maximum atomic E-state index is 12.3. The fourth-order valence-electron chi connectivity index (χ4n) is 2.79. The van der Waals surface area contributed by atoms with E-state index in [1.807, 2.05) is 0 Å². The summed E-state index contributed by atoms with van der Waals surface area (Å²) in [4.78, 5) is 0. The third-order valence-corrected chi connectivity index (χ3v) is 6.18. The van der Waals surface area contributed by atoms with E-state index in [-0.39, 0.29) is 11.9 Å². The molecule has 106 valence electrons. The van der Waals surface area contributed by atoms with Crippen LogP contribution in [-0.2, 0) is 14.8 Å². The van der Waals surface area contributed by atoms with Crippen molar-refractivity contribution < 1.29 is 13.2 Å². The molecule has 2 saturated heterocycles. The van der Waals surface area contributed by atoms with Crippen LogP contribution >= 0.6 is 15.9 Å². The molecule has 2 heterocycles. The normalized spacial score (nSPS) is 30.7. The maximum Gasteiger partial charge on any atom is 0.216 e. The van der Waals surface area contributed by atoms with Gasteiger partial charge in [0.15, 0.2) is 0 Å². The van der Waals surface area contributed by atoms with Crippen molar-refractivity contribution in [2.45, 2.75) is 38.2 Å². The van der Waals surface area contributed by atoms with E-state index in [0.29, 0.717) is 25.6 Å². The number of piperidine rings is 1. The molecule has 2 fully saturated rings. The maximum absolute atomic E-state index is 12.3. The Labute approximate surface area is 118 Å². The molecule has 0 aromatic carbocycles. The molecule has 0 aromatic rings. The van der Waals surface area contributed by atoms with Crippen LogP contribution < -0.4 is 0 Å². The molecule has 18 heavy (non-hydrogen) atoms. The molecule has 0 aliphatic carbocycles. The lowest BCUT2D eigenvalue weighted by Crippen LogP contribution is -2.43. The lowest BCUT2D eigenvalue weighted by Gasteiger charge is -2.32. The number of ether oxygens (including phenoxy) is 1. The van der Waals surface area contributed by atoms with Crippen LogP contribution in [0, 0.1) is 5.92 Å². The highest BCUT2D eigenvalue weighted by atomic mass is 79.9. The molecule has 2 atom stereocenters. The first kappa shape index (κ1) is 14.8. The standard InChI is InChI=1S/C12H22BrNO3S/c13-6-5-11-3-1-7-14(9-11)18(15,16)10-12-4-2-8-17-12/h11-12H,1-10H2. The molecule has 2 rings (SSSR count). The van der Waals surface area contributed by atoms with Gasteiger partial charge in [0.05, 0.1) is 11.9 Å². The van der Waals surface area contributed by atoms with Gasteiger partial charge in [-0.05, 0) is 38.0 Å². The second kappa shape index (κ2) is 6.68. The first-order valence-corrected chi connectivity index (χ1v) is 9.50. The zero-order chi connectivity index (χ0) is 13.0. The summed E-state index contributed by atoms with van der Waals surface area (Å²) in [5.74, 6) is 0.686.